The highest BCUT2D eigenvalue weighted by Crippen LogP contribution is 2.39. The number of benzene rings is 2. The summed E-state index contributed by atoms with van der Waals surface area (Å²) in [5.74, 6) is -0.170. The molecule has 0 spiro atoms. The van der Waals surface area contributed by atoms with E-state index in [1.54, 1.807) is 12.1 Å². The number of ketones is 1. The molecule has 2 aliphatic rings. The van der Waals surface area contributed by atoms with Crippen molar-refractivity contribution in [3.05, 3.63) is 65.5 Å². The van der Waals surface area contributed by atoms with Crippen LogP contribution in [0.4, 0.5) is 4.39 Å². The van der Waals surface area contributed by atoms with Crippen LogP contribution in [0.1, 0.15) is 48.0 Å². The van der Waals surface area contributed by atoms with E-state index in [1.165, 1.54) is 25.2 Å². The lowest BCUT2D eigenvalue weighted by Gasteiger charge is -2.48. The fraction of sp³-hybridized carbons (Fsp3) is 0.435. The van der Waals surface area contributed by atoms with Crippen molar-refractivity contribution >= 4 is 5.78 Å². The van der Waals surface area contributed by atoms with E-state index < -0.39 is 5.82 Å². The minimum Gasteiger partial charge on any atom is -0.497 e. The summed E-state index contributed by atoms with van der Waals surface area (Å²) >= 11 is 0. The predicted molar refractivity (Wildman–Crippen MR) is 103 cm³/mol. The molecule has 0 radical (unpaired) electrons. The van der Waals surface area contributed by atoms with E-state index in [0.717, 1.165) is 32.2 Å². The third-order valence-electron chi connectivity index (χ3n) is 6.15. The maximum Gasteiger partial charge on any atom is 0.169 e. The molecular weight excluding hydrogens is 341 g/mol. The number of hydrogen-bond acceptors (Lipinski definition) is 3. The van der Waals surface area contributed by atoms with E-state index in [-0.39, 0.29) is 17.3 Å². The lowest BCUT2D eigenvalue weighted by Crippen LogP contribution is -2.52. The zero-order valence-electron chi connectivity index (χ0n) is 15.7. The monoisotopic (exact) mass is 367 g/mol. The van der Waals surface area contributed by atoms with Crippen LogP contribution in [0.2, 0.25) is 0 Å². The summed E-state index contributed by atoms with van der Waals surface area (Å²) < 4.78 is 19.4. The predicted octanol–water partition coefficient (Wildman–Crippen LogP) is 4.85. The molecule has 2 aromatic carbocycles. The number of nitrogens with zero attached hydrogens (tertiary/aromatic N) is 1. The fourth-order valence-electron chi connectivity index (χ4n) is 4.79. The number of halogens is 1. The van der Waals surface area contributed by atoms with E-state index in [9.17, 15) is 9.18 Å². The SMILES string of the molecule is COc1ccc(C(=O)C2CC3CCCC(C2)N3Cc2ccccc2)c(F)c1. The third-order valence-corrected chi connectivity index (χ3v) is 6.15. The summed E-state index contributed by atoms with van der Waals surface area (Å²) in [5.41, 5.74) is 1.52. The van der Waals surface area contributed by atoms with Gasteiger partial charge in [0.15, 0.2) is 5.78 Å². The molecule has 4 heteroatoms. The second-order valence-corrected chi connectivity index (χ2v) is 7.77. The molecule has 4 rings (SSSR count). The van der Waals surface area contributed by atoms with Crippen molar-refractivity contribution in [2.24, 2.45) is 5.92 Å². The van der Waals surface area contributed by atoms with Gasteiger partial charge in [-0.3, -0.25) is 9.69 Å². The molecule has 0 saturated carbocycles. The van der Waals surface area contributed by atoms with Crippen LogP contribution in [0.3, 0.4) is 0 Å². The van der Waals surface area contributed by atoms with Gasteiger partial charge in [0.1, 0.15) is 11.6 Å². The molecular formula is C23H26FNO2. The maximum atomic E-state index is 14.4. The number of ether oxygens (including phenoxy) is 1. The van der Waals surface area contributed by atoms with Crippen molar-refractivity contribution in [1.82, 2.24) is 4.90 Å². The Labute approximate surface area is 160 Å². The molecule has 0 aliphatic carbocycles. The molecule has 142 valence electrons. The van der Waals surface area contributed by atoms with E-state index >= 15 is 0 Å². The molecule has 2 aromatic rings. The number of carbonyl (C=O) groups is 1. The third kappa shape index (κ3) is 3.77. The lowest BCUT2D eigenvalue weighted by atomic mass is 9.75. The van der Waals surface area contributed by atoms with Crippen LogP contribution in [0.25, 0.3) is 0 Å². The standard InChI is InChI=1S/C23H26FNO2/c1-27-20-10-11-21(22(24)14-20)23(26)17-12-18-8-5-9-19(13-17)25(18)15-16-6-3-2-4-7-16/h2-4,6-7,10-11,14,17-19H,5,8-9,12-13,15H2,1H3. The van der Waals surface area contributed by atoms with Gasteiger partial charge in [0.05, 0.1) is 12.7 Å². The van der Waals surface area contributed by atoms with Gasteiger partial charge in [0.2, 0.25) is 0 Å². The van der Waals surface area contributed by atoms with Crippen molar-refractivity contribution in [2.45, 2.75) is 50.7 Å². The Morgan fingerprint density at radius 2 is 1.81 bits per heavy atom. The second kappa shape index (κ2) is 7.81. The van der Waals surface area contributed by atoms with Crippen molar-refractivity contribution < 1.29 is 13.9 Å². The van der Waals surface area contributed by atoms with Crippen LogP contribution < -0.4 is 4.74 Å². The van der Waals surface area contributed by atoms with Crippen LogP contribution in [-0.4, -0.2) is 29.9 Å². The zero-order valence-corrected chi connectivity index (χ0v) is 15.7. The molecule has 2 unspecified atom stereocenters. The number of carbonyl (C=O) groups excluding carboxylic acids is 1. The number of fused-ring (bicyclic) bond motifs is 2. The molecule has 27 heavy (non-hydrogen) atoms. The lowest BCUT2D eigenvalue weighted by molar-refractivity contribution is 0.00895. The molecule has 3 nitrogen and oxygen atoms in total. The summed E-state index contributed by atoms with van der Waals surface area (Å²) in [6, 6.07) is 15.9. The first kappa shape index (κ1) is 18.2. The Hall–Kier alpha value is -2.20. The van der Waals surface area contributed by atoms with Crippen molar-refractivity contribution in [3.8, 4) is 5.75 Å². The smallest absolute Gasteiger partial charge is 0.169 e. The second-order valence-electron chi connectivity index (χ2n) is 7.77. The summed E-state index contributed by atoms with van der Waals surface area (Å²) in [6.45, 7) is 0.938. The summed E-state index contributed by atoms with van der Waals surface area (Å²) in [7, 11) is 1.50. The zero-order chi connectivity index (χ0) is 18.8. The quantitative estimate of drug-likeness (QED) is 0.708. The largest absolute Gasteiger partial charge is 0.497 e. The van der Waals surface area contributed by atoms with Gasteiger partial charge in [0.25, 0.3) is 0 Å². The van der Waals surface area contributed by atoms with Crippen molar-refractivity contribution in [1.29, 1.82) is 0 Å². The number of rotatable bonds is 5. The van der Waals surface area contributed by atoms with Gasteiger partial charge in [-0.25, -0.2) is 4.39 Å². The Balaban J connectivity index is 1.50. The van der Waals surface area contributed by atoms with Crippen molar-refractivity contribution in [3.63, 3.8) is 0 Å². The fourth-order valence-corrected chi connectivity index (χ4v) is 4.79. The Kier molecular flexibility index (Phi) is 5.26. The summed E-state index contributed by atoms with van der Waals surface area (Å²) in [5, 5.41) is 0. The highest BCUT2D eigenvalue weighted by Gasteiger charge is 2.41. The first-order valence-corrected chi connectivity index (χ1v) is 9.83. The molecule has 0 aromatic heterocycles. The van der Waals surface area contributed by atoms with Gasteiger partial charge in [0, 0.05) is 30.6 Å². The van der Waals surface area contributed by atoms with Gasteiger partial charge < -0.3 is 4.74 Å². The molecule has 0 N–H and O–H groups in total. The Bertz CT molecular complexity index is 793. The maximum absolute atomic E-state index is 14.4. The van der Waals surface area contributed by atoms with Crippen LogP contribution in [0.5, 0.6) is 5.75 Å². The molecule has 2 heterocycles. The molecule has 2 saturated heterocycles. The van der Waals surface area contributed by atoms with E-state index in [4.69, 9.17) is 4.74 Å². The molecule has 2 aliphatic heterocycles. The Morgan fingerprint density at radius 1 is 1.11 bits per heavy atom. The average molecular weight is 367 g/mol. The topological polar surface area (TPSA) is 29.5 Å². The van der Waals surface area contributed by atoms with Crippen LogP contribution >= 0.6 is 0 Å². The van der Waals surface area contributed by atoms with Gasteiger partial charge in [-0.15, -0.1) is 0 Å². The summed E-state index contributed by atoms with van der Waals surface area (Å²) in [4.78, 5) is 15.6. The van der Waals surface area contributed by atoms with Gasteiger partial charge in [-0.05, 0) is 43.4 Å². The van der Waals surface area contributed by atoms with Crippen LogP contribution in [0, 0.1) is 11.7 Å². The minimum absolute atomic E-state index is 0.0496. The first-order valence-electron chi connectivity index (χ1n) is 9.83. The highest BCUT2D eigenvalue weighted by atomic mass is 19.1. The molecule has 2 bridgehead atoms. The van der Waals surface area contributed by atoms with Gasteiger partial charge >= 0.3 is 0 Å². The van der Waals surface area contributed by atoms with Gasteiger partial charge in [-0.2, -0.15) is 0 Å². The average Bonchev–Trinajstić information content (AvgIpc) is 2.68. The number of Topliss-reactive ketones (excluding diaryl/α,β-unsaturated/α-hetero) is 1. The highest BCUT2D eigenvalue weighted by molar-refractivity contribution is 5.98. The number of piperidine rings is 2. The van der Waals surface area contributed by atoms with Gasteiger partial charge in [-0.1, -0.05) is 36.8 Å². The molecule has 0 amide bonds. The van der Waals surface area contributed by atoms with Crippen LogP contribution in [0.15, 0.2) is 48.5 Å². The van der Waals surface area contributed by atoms with Crippen molar-refractivity contribution in [2.75, 3.05) is 7.11 Å². The van der Waals surface area contributed by atoms with Crippen LogP contribution in [-0.2, 0) is 6.54 Å². The van der Waals surface area contributed by atoms with E-state index in [0.29, 0.717) is 17.8 Å². The minimum atomic E-state index is -0.476. The molecule has 2 atom stereocenters. The summed E-state index contributed by atoms with van der Waals surface area (Å²) in [6.07, 6.45) is 5.12. The van der Waals surface area contributed by atoms with E-state index in [2.05, 4.69) is 29.2 Å². The number of hydrogen-bond donors (Lipinski definition) is 0. The molecule has 2 fully saturated rings. The normalized spacial score (nSPS) is 25.2. The first-order chi connectivity index (χ1) is 13.2. The Morgan fingerprint density at radius 3 is 2.44 bits per heavy atom. The van der Waals surface area contributed by atoms with E-state index in [1.807, 2.05) is 6.07 Å². The number of methoxy groups -OCH3 is 1.